The minimum Gasteiger partial charge on any atom is -0.454 e. The summed E-state index contributed by atoms with van der Waals surface area (Å²) in [5.74, 6) is -0.894. The summed E-state index contributed by atoms with van der Waals surface area (Å²) >= 11 is 11.9. The van der Waals surface area contributed by atoms with Gasteiger partial charge in [0.2, 0.25) is 0 Å². The number of carbonyl (C=O) groups is 2. The van der Waals surface area contributed by atoms with Gasteiger partial charge < -0.3 is 14.8 Å². The van der Waals surface area contributed by atoms with Gasteiger partial charge in [-0.05, 0) is 37.5 Å². The molecule has 0 radical (unpaired) electrons. The van der Waals surface area contributed by atoms with Crippen LogP contribution in [0.15, 0.2) is 18.2 Å². The first-order valence-corrected chi connectivity index (χ1v) is 7.75. The molecule has 5 nitrogen and oxygen atoms in total. The van der Waals surface area contributed by atoms with Crippen LogP contribution in [0.5, 0.6) is 0 Å². The van der Waals surface area contributed by atoms with Gasteiger partial charge in [-0.15, -0.1) is 0 Å². The van der Waals surface area contributed by atoms with Gasteiger partial charge in [0.25, 0.3) is 5.91 Å². The van der Waals surface area contributed by atoms with Crippen LogP contribution >= 0.6 is 23.2 Å². The van der Waals surface area contributed by atoms with E-state index in [2.05, 4.69) is 5.32 Å². The van der Waals surface area contributed by atoms with Crippen molar-refractivity contribution < 1.29 is 19.1 Å². The number of ether oxygens (including phenoxy) is 2. The third kappa shape index (κ3) is 4.60. The van der Waals surface area contributed by atoms with E-state index in [-0.39, 0.29) is 12.6 Å². The first-order valence-electron chi connectivity index (χ1n) is 7.00. The topological polar surface area (TPSA) is 64.6 Å². The Bertz CT molecular complexity index is 558. The second-order valence-electron chi connectivity index (χ2n) is 5.06. The predicted molar refractivity (Wildman–Crippen MR) is 83.0 cm³/mol. The highest BCUT2D eigenvalue weighted by molar-refractivity contribution is 6.35. The van der Waals surface area contributed by atoms with Crippen LogP contribution in [0.3, 0.4) is 0 Å². The minimum absolute atomic E-state index is 0.321. The van der Waals surface area contributed by atoms with Gasteiger partial charge in [0.05, 0.1) is 6.04 Å². The van der Waals surface area contributed by atoms with Gasteiger partial charge in [0, 0.05) is 16.7 Å². The molecule has 1 aromatic carbocycles. The average molecular weight is 346 g/mol. The van der Waals surface area contributed by atoms with Gasteiger partial charge in [0.15, 0.2) is 12.7 Å². The SMILES string of the molecule is C[C@@H](NC(=O)COC(=O)[C@H]1CCCO1)c1ccc(Cl)cc1Cl. The lowest BCUT2D eigenvalue weighted by atomic mass is 10.1. The van der Waals surface area contributed by atoms with E-state index in [0.29, 0.717) is 23.1 Å². The molecule has 2 atom stereocenters. The first kappa shape index (κ1) is 17.1. The zero-order valence-electron chi connectivity index (χ0n) is 12.1. The number of halogens is 2. The molecule has 1 N–H and O–H groups in total. The molecule has 1 amide bonds. The molecule has 0 bridgehead atoms. The van der Waals surface area contributed by atoms with E-state index < -0.39 is 18.0 Å². The van der Waals surface area contributed by atoms with Crippen molar-refractivity contribution in [2.45, 2.75) is 31.9 Å². The van der Waals surface area contributed by atoms with Gasteiger partial charge in [-0.25, -0.2) is 4.79 Å². The lowest BCUT2D eigenvalue weighted by molar-refractivity contribution is -0.157. The third-order valence-corrected chi connectivity index (χ3v) is 3.91. The van der Waals surface area contributed by atoms with E-state index in [1.807, 2.05) is 0 Å². The molecule has 0 aliphatic carbocycles. The van der Waals surface area contributed by atoms with Gasteiger partial charge in [-0.1, -0.05) is 29.3 Å². The Balaban J connectivity index is 1.82. The highest BCUT2D eigenvalue weighted by Crippen LogP contribution is 2.26. The quantitative estimate of drug-likeness (QED) is 0.833. The van der Waals surface area contributed by atoms with E-state index in [0.717, 1.165) is 12.0 Å². The van der Waals surface area contributed by atoms with E-state index >= 15 is 0 Å². The number of benzene rings is 1. The number of carbonyl (C=O) groups excluding carboxylic acids is 2. The molecule has 1 fully saturated rings. The van der Waals surface area contributed by atoms with Gasteiger partial charge in [-0.2, -0.15) is 0 Å². The maximum atomic E-state index is 11.8. The fourth-order valence-corrected chi connectivity index (χ4v) is 2.78. The molecule has 0 saturated carbocycles. The third-order valence-electron chi connectivity index (χ3n) is 3.34. The Hall–Kier alpha value is -1.30. The Morgan fingerprint density at radius 3 is 2.86 bits per heavy atom. The summed E-state index contributed by atoms with van der Waals surface area (Å²) in [6.45, 7) is 2.00. The fourth-order valence-electron chi connectivity index (χ4n) is 2.21. The number of amides is 1. The van der Waals surface area contributed by atoms with E-state index in [4.69, 9.17) is 32.7 Å². The van der Waals surface area contributed by atoms with Crippen molar-refractivity contribution in [1.82, 2.24) is 5.32 Å². The minimum atomic E-state index is -0.545. The largest absolute Gasteiger partial charge is 0.454 e. The Labute approximate surface area is 138 Å². The molecule has 0 spiro atoms. The Kier molecular flexibility index (Phi) is 6.06. The van der Waals surface area contributed by atoms with Crippen LogP contribution in [0.25, 0.3) is 0 Å². The average Bonchev–Trinajstić information content (AvgIpc) is 2.98. The fraction of sp³-hybridized carbons (Fsp3) is 0.467. The molecule has 1 saturated heterocycles. The number of esters is 1. The lowest BCUT2D eigenvalue weighted by Crippen LogP contribution is -2.33. The van der Waals surface area contributed by atoms with Crippen LogP contribution < -0.4 is 5.32 Å². The molecule has 0 unspecified atom stereocenters. The second kappa shape index (κ2) is 7.81. The van der Waals surface area contributed by atoms with Crippen LogP contribution in [0, 0.1) is 0 Å². The van der Waals surface area contributed by atoms with E-state index in [9.17, 15) is 9.59 Å². The van der Waals surface area contributed by atoms with Crippen LogP contribution in [-0.2, 0) is 19.1 Å². The molecule has 1 aliphatic rings. The maximum absolute atomic E-state index is 11.8. The standard InChI is InChI=1S/C15H17Cl2NO4/c1-9(11-5-4-10(16)7-12(11)17)18-14(19)8-22-15(20)13-3-2-6-21-13/h4-5,7,9,13H,2-3,6,8H2,1H3,(H,18,19)/t9-,13-/m1/s1. The van der Waals surface area contributed by atoms with Gasteiger partial charge in [0.1, 0.15) is 0 Å². The van der Waals surface area contributed by atoms with Crippen molar-refractivity contribution in [3.05, 3.63) is 33.8 Å². The van der Waals surface area contributed by atoms with Crippen molar-refractivity contribution in [3.8, 4) is 0 Å². The summed E-state index contributed by atoms with van der Waals surface area (Å²) in [5.41, 5.74) is 0.741. The van der Waals surface area contributed by atoms with Crippen molar-refractivity contribution in [2.75, 3.05) is 13.2 Å². The summed E-state index contributed by atoms with van der Waals surface area (Å²) in [6.07, 6.45) is 0.922. The van der Waals surface area contributed by atoms with Crippen LogP contribution in [0.4, 0.5) is 0 Å². The molecule has 22 heavy (non-hydrogen) atoms. The summed E-state index contributed by atoms with van der Waals surface area (Å²) in [4.78, 5) is 23.5. The van der Waals surface area contributed by atoms with Crippen molar-refractivity contribution >= 4 is 35.1 Å². The number of hydrogen-bond donors (Lipinski definition) is 1. The molecule has 1 heterocycles. The zero-order valence-corrected chi connectivity index (χ0v) is 13.6. The second-order valence-corrected chi connectivity index (χ2v) is 5.91. The molecular formula is C15H17Cl2NO4. The first-order chi connectivity index (χ1) is 10.5. The van der Waals surface area contributed by atoms with Crippen molar-refractivity contribution in [2.24, 2.45) is 0 Å². The summed E-state index contributed by atoms with van der Waals surface area (Å²) < 4.78 is 10.1. The molecule has 2 rings (SSSR count). The van der Waals surface area contributed by atoms with Crippen LogP contribution in [0.1, 0.15) is 31.4 Å². The predicted octanol–water partition coefficient (Wildman–Crippen LogP) is 2.89. The molecular weight excluding hydrogens is 329 g/mol. The van der Waals surface area contributed by atoms with Crippen LogP contribution in [-0.4, -0.2) is 31.2 Å². The highest BCUT2D eigenvalue weighted by atomic mass is 35.5. The normalized spacial score (nSPS) is 18.8. The van der Waals surface area contributed by atoms with Crippen molar-refractivity contribution in [3.63, 3.8) is 0 Å². The Morgan fingerprint density at radius 2 is 2.23 bits per heavy atom. The smallest absolute Gasteiger partial charge is 0.335 e. The molecule has 120 valence electrons. The number of nitrogens with one attached hydrogen (secondary N) is 1. The summed E-state index contributed by atoms with van der Waals surface area (Å²) in [5, 5.41) is 3.71. The monoisotopic (exact) mass is 345 g/mol. The number of hydrogen-bond acceptors (Lipinski definition) is 4. The summed E-state index contributed by atoms with van der Waals surface area (Å²) in [7, 11) is 0. The Morgan fingerprint density at radius 1 is 1.45 bits per heavy atom. The van der Waals surface area contributed by atoms with E-state index in [1.165, 1.54) is 0 Å². The molecule has 7 heteroatoms. The zero-order chi connectivity index (χ0) is 16.1. The molecule has 0 aromatic heterocycles. The van der Waals surface area contributed by atoms with E-state index in [1.54, 1.807) is 25.1 Å². The van der Waals surface area contributed by atoms with Gasteiger partial charge in [-0.3, -0.25) is 4.79 Å². The van der Waals surface area contributed by atoms with Crippen molar-refractivity contribution in [1.29, 1.82) is 0 Å². The van der Waals surface area contributed by atoms with Gasteiger partial charge >= 0.3 is 5.97 Å². The number of rotatable bonds is 5. The summed E-state index contributed by atoms with van der Waals surface area (Å²) in [6, 6.07) is 4.73. The molecule has 1 aromatic rings. The molecule has 1 aliphatic heterocycles. The maximum Gasteiger partial charge on any atom is 0.335 e. The van der Waals surface area contributed by atoms with Crippen LogP contribution in [0.2, 0.25) is 10.0 Å². The highest BCUT2D eigenvalue weighted by Gasteiger charge is 2.25. The lowest BCUT2D eigenvalue weighted by Gasteiger charge is -2.16.